The van der Waals surface area contributed by atoms with Crippen molar-refractivity contribution in [3.05, 3.63) is 47.7 Å². The minimum atomic E-state index is -1.48. The van der Waals surface area contributed by atoms with Gasteiger partial charge in [-0.2, -0.15) is 0 Å². The summed E-state index contributed by atoms with van der Waals surface area (Å²) in [5.74, 6) is -3.56. The minimum absolute atomic E-state index is 0.100. The Morgan fingerprint density at radius 2 is 1.75 bits per heavy atom. The third-order valence-corrected chi connectivity index (χ3v) is 2.23. The maximum absolute atomic E-state index is 13.0. The zero-order chi connectivity index (χ0) is 11.7. The second kappa shape index (κ2) is 4.02. The molecule has 1 aromatic carbocycles. The van der Waals surface area contributed by atoms with E-state index in [9.17, 15) is 13.2 Å². The summed E-state index contributed by atoms with van der Waals surface area (Å²) >= 11 is 0. The summed E-state index contributed by atoms with van der Waals surface area (Å²) in [4.78, 5) is 0. The summed E-state index contributed by atoms with van der Waals surface area (Å²) in [6.45, 7) is 0.100. The summed E-state index contributed by atoms with van der Waals surface area (Å²) in [5.41, 5.74) is 6.04. The standard InChI is InChI=1S/C11H8F3NO/c12-8-3-6(4-9(13)11(8)14)7-1-2-16-10(7)5-15/h1-4H,5,15H2. The van der Waals surface area contributed by atoms with Crippen LogP contribution in [0, 0.1) is 17.5 Å². The van der Waals surface area contributed by atoms with Gasteiger partial charge >= 0.3 is 0 Å². The Morgan fingerprint density at radius 1 is 1.12 bits per heavy atom. The summed E-state index contributed by atoms with van der Waals surface area (Å²) in [6.07, 6.45) is 1.36. The Morgan fingerprint density at radius 3 is 2.31 bits per heavy atom. The predicted molar refractivity (Wildman–Crippen MR) is 51.9 cm³/mol. The maximum Gasteiger partial charge on any atom is 0.194 e. The predicted octanol–water partition coefficient (Wildman–Crippen LogP) is 2.82. The van der Waals surface area contributed by atoms with Gasteiger partial charge in [0.25, 0.3) is 0 Å². The third kappa shape index (κ3) is 1.69. The van der Waals surface area contributed by atoms with Gasteiger partial charge in [0.05, 0.1) is 12.8 Å². The van der Waals surface area contributed by atoms with Gasteiger partial charge in [-0.3, -0.25) is 0 Å². The molecule has 0 atom stereocenters. The average molecular weight is 227 g/mol. The highest BCUT2D eigenvalue weighted by Crippen LogP contribution is 2.27. The fraction of sp³-hybridized carbons (Fsp3) is 0.0909. The Labute approximate surface area is 89.5 Å². The molecular formula is C11H8F3NO. The van der Waals surface area contributed by atoms with Gasteiger partial charge in [-0.1, -0.05) is 0 Å². The lowest BCUT2D eigenvalue weighted by molar-refractivity contribution is 0.447. The van der Waals surface area contributed by atoms with Gasteiger partial charge < -0.3 is 10.2 Å². The lowest BCUT2D eigenvalue weighted by Gasteiger charge is -2.02. The van der Waals surface area contributed by atoms with Gasteiger partial charge in [0, 0.05) is 5.56 Å². The van der Waals surface area contributed by atoms with E-state index in [1.165, 1.54) is 12.3 Å². The van der Waals surface area contributed by atoms with E-state index in [1.807, 2.05) is 0 Å². The van der Waals surface area contributed by atoms with E-state index < -0.39 is 17.5 Å². The quantitative estimate of drug-likeness (QED) is 0.801. The molecule has 2 nitrogen and oxygen atoms in total. The highest BCUT2D eigenvalue weighted by molar-refractivity contribution is 5.65. The van der Waals surface area contributed by atoms with E-state index in [-0.39, 0.29) is 12.1 Å². The van der Waals surface area contributed by atoms with Gasteiger partial charge in [-0.15, -0.1) is 0 Å². The molecule has 16 heavy (non-hydrogen) atoms. The Kier molecular flexibility index (Phi) is 2.70. The zero-order valence-electron chi connectivity index (χ0n) is 8.14. The van der Waals surface area contributed by atoms with Crippen molar-refractivity contribution < 1.29 is 17.6 Å². The monoisotopic (exact) mass is 227 g/mol. The number of hydrogen-bond donors (Lipinski definition) is 1. The van der Waals surface area contributed by atoms with Crippen LogP contribution in [0.4, 0.5) is 13.2 Å². The molecule has 84 valence electrons. The number of rotatable bonds is 2. The number of hydrogen-bond acceptors (Lipinski definition) is 2. The fourth-order valence-corrected chi connectivity index (χ4v) is 1.47. The van der Waals surface area contributed by atoms with E-state index in [0.29, 0.717) is 11.3 Å². The average Bonchev–Trinajstić information content (AvgIpc) is 2.73. The van der Waals surface area contributed by atoms with Crippen molar-refractivity contribution in [2.75, 3.05) is 0 Å². The van der Waals surface area contributed by atoms with Gasteiger partial charge in [-0.05, 0) is 23.8 Å². The molecule has 2 N–H and O–H groups in total. The van der Waals surface area contributed by atoms with Crippen molar-refractivity contribution in [3.8, 4) is 11.1 Å². The SMILES string of the molecule is NCc1occc1-c1cc(F)c(F)c(F)c1. The molecule has 0 aliphatic heterocycles. The first-order valence-corrected chi connectivity index (χ1v) is 4.55. The summed E-state index contributed by atoms with van der Waals surface area (Å²) in [6, 6.07) is 3.33. The van der Waals surface area contributed by atoms with Crippen molar-refractivity contribution in [2.24, 2.45) is 5.73 Å². The molecule has 0 fully saturated rings. The van der Waals surface area contributed by atoms with Gasteiger partial charge in [-0.25, -0.2) is 13.2 Å². The highest BCUT2D eigenvalue weighted by atomic mass is 19.2. The molecule has 1 aromatic heterocycles. The number of benzene rings is 1. The van der Waals surface area contributed by atoms with Crippen LogP contribution in [0.15, 0.2) is 28.9 Å². The number of furan rings is 1. The van der Waals surface area contributed by atoms with Crippen molar-refractivity contribution in [3.63, 3.8) is 0 Å². The van der Waals surface area contributed by atoms with E-state index >= 15 is 0 Å². The van der Waals surface area contributed by atoms with E-state index in [1.54, 1.807) is 0 Å². The van der Waals surface area contributed by atoms with E-state index in [4.69, 9.17) is 10.2 Å². The molecule has 0 radical (unpaired) electrons. The van der Waals surface area contributed by atoms with Crippen LogP contribution in [0.3, 0.4) is 0 Å². The summed E-state index contributed by atoms with van der Waals surface area (Å²) in [5, 5.41) is 0. The highest BCUT2D eigenvalue weighted by Gasteiger charge is 2.14. The first-order chi connectivity index (χ1) is 7.63. The zero-order valence-corrected chi connectivity index (χ0v) is 8.14. The van der Waals surface area contributed by atoms with Crippen LogP contribution in [0.1, 0.15) is 5.76 Å². The lowest BCUT2D eigenvalue weighted by atomic mass is 10.1. The maximum atomic E-state index is 13.0. The third-order valence-electron chi connectivity index (χ3n) is 2.23. The summed E-state index contributed by atoms with van der Waals surface area (Å²) in [7, 11) is 0. The molecule has 0 bridgehead atoms. The molecule has 5 heteroatoms. The largest absolute Gasteiger partial charge is 0.467 e. The molecular weight excluding hydrogens is 219 g/mol. The number of nitrogens with two attached hydrogens (primary N) is 1. The van der Waals surface area contributed by atoms with Crippen LogP contribution < -0.4 is 5.73 Å². The topological polar surface area (TPSA) is 39.2 Å². The van der Waals surface area contributed by atoms with Crippen molar-refractivity contribution in [1.29, 1.82) is 0 Å². The van der Waals surface area contributed by atoms with Crippen LogP contribution >= 0.6 is 0 Å². The molecule has 2 rings (SSSR count). The first-order valence-electron chi connectivity index (χ1n) is 4.55. The molecule has 0 spiro atoms. The van der Waals surface area contributed by atoms with Crippen LogP contribution in [0.2, 0.25) is 0 Å². The molecule has 0 aliphatic carbocycles. The Hall–Kier alpha value is -1.75. The second-order valence-corrected chi connectivity index (χ2v) is 3.22. The Bertz CT molecular complexity index is 499. The van der Waals surface area contributed by atoms with Crippen molar-refractivity contribution >= 4 is 0 Å². The van der Waals surface area contributed by atoms with Crippen LogP contribution in [-0.2, 0) is 6.54 Å². The van der Waals surface area contributed by atoms with Crippen molar-refractivity contribution in [1.82, 2.24) is 0 Å². The molecule has 0 amide bonds. The molecule has 0 unspecified atom stereocenters. The minimum Gasteiger partial charge on any atom is -0.467 e. The Balaban J connectivity index is 2.57. The number of halogens is 3. The molecule has 0 saturated heterocycles. The van der Waals surface area contributed by atoms with Crippen LogP contribution in [0.5, 0.6) is 0 Å². The lowest BCUT2D eigenvalue weighted by Crippen LogP contribution is -1.97. The van der Waals surface area contributed by atoms with Crippen LogP contribution in [-0.4, -0.2) is 0 Å². The summed E-state index contributed by atoms with van der Waals surface area (Å²) < 4.78 is 43.7. The second-order valence-electron chi connectivity index (χ2n) is 3.22. The van der Waals surface area contributed by atoms with Gasteiger partial charge in [0.1, 0.15) is 5.76 Å². The first kappa shape index (κ1) is 10.8. The van der Waals surface area contributed by atoms with E-state index in [0.717, 1.165) is 12.1 Å². The normalized spacial score (nSPS) is 10.8. The van der Waals surface area contributed by atoms with Crippen molar-refractivity contribution in [2.45, 2.75) is 6.54 Å². The fourth-order valence-electron chi connectivity index (χ4n) is 1.47. The molecule has 0 aliphatic rings. The molecule has 2 aromatic rings. The molecule has 0 saturated carbocycles. The van der Waals surface area contributed by atoms with Gasteiger partial charge in [0.2, 0.25) is 0 Å². The van der Waals surface area contributed by atoms with Gasteiger partial charge in [0.15, 0.2) is 17.5 Å². The molecule has 1 heterocycles. The smallest absolute Gasteiger partial charge is 0.194 e. The van der Waals surface area contributed by atoms with Crippen LogP contribution in [0.25, 0.3) is 11.1 Å². The van der Waals surface area contributed by atoms with E-state index in [2.05, 4.69) is 0 Å².